The number of ether oxygens (including phenoxy) is 1. The lowest BCUT2D eigenvalue weighted by Crippen LogP contribution is -2.30. The van der Waals surface area contributed by atoms with Crippen LogP contribution in [0.5, 0.6) is 5.88 Å². The lowest BCUT2D eigenvalue weighted by molar-refractivity contribution is 0.207. The first-order chi connectivity index (χ1) is 9.33. The van der Waals surface area contributed by atoms with E-state index in [4.69, 9.17) is 4.74 Å². The second kappa shape index (κ2) is 5.53. The number of aryl methyl sites for hydroxylation is 1. The maximum Gasteiger partial charge on any atom is 0.235 e. The summed E-state index contributed by atoms with van der Waals surface area (Å²) >= 11 is 0. The molecule has 19 heavy (non-hydrogen) atoms. The highest BCUT2D eigenvalue weighted by atomic mass is 16.5. The minimum atomic E-state index is 0.633. The Labute approximate surface area is 113 Å². The summed E-state index contributed by atoms with van der Waals surface area (Å²) in [6.07, 6.45) is 2.36. The number of nitrogens with zero attached hydrogens (tertiary/aromatic N) is 2. The van der Waals surface area contributed by atoms with Crippen molar-refractivity contribution in [3.8, 4) is 5.88 Å². The van der Waals surface area contributed by atoms with Gasteiger partial charge in [-0.2, -0.15) is 0 Å². The van der Waals surface area contributed by atoms with Gasteiger partial charge in [-0.3, -0.25) is 0 Å². The van der Waals surface area contributed by atoms with Gasteiger partial charge in [-0.25, -0.2) is 9.97 Å². The molecule has 0 saturated carbocycles. The zero-order valence-electron chi connectivity index (χ0n) is 11.2. The van der Waals surface area contributed by atoms with Crippen molar-refractivity contribution in [1.82, 2.24) is 15.3 Å². The molecule has 2 heterocycles. The van der Waals surface area contributed by atoms with E-state index in [1.54, 1.807) is 0 Å². The van der Waals surface area contributed by atoms with Crippen molar-refractivity contribution >= 4 is 11.0 Å². The van der Waals surface area contributed by atoms with E-state index in [1.165, 1.54) is 12.8 Å². The van der Waals surface area contributed by atoms with Crippen LogP contribution in [0.25, 0.3) is 11.0 Å². The predicted molar refractivity (Wildman–Crippen MR) is 75.4 cm³/mol. The highest BCUT2D eigenvalue weighted by Gasteiger charge is 2.15. The van der Waals surface area contributed by atoms with E-state index in [0.29, 0.717) is 11.8 Å². The lowest BCUT2D eigenvalue weighted by Gasteiger charge is -2.22. The monoisotopic (exact) mass is 257 g/mol. The van der Waals surface area contributed by atoms with Gasteiger partial charge >= 0.3 is 0 Å². The van der Waals surface area contributed by atoms with Crippen molar-refractivity contribution in [1.29, 1.82) is 0 Å². The molecular formula is C15H19N3O. The standard InChI is InChI=1S/C15H19N3O/c1-11-15(19-10-12-6-8-16-9-7-12)18-14-5-3-2-4-13(14)17-11/h2-5,12,16H,6-10H2,1H3. The molecule has 100 valence electrons. The Morgan fingerprint density at radius 3 is 2.58 bits per heavy atom. The highest BCUT2D eigenvalue weighted by molar-refractivity contribution is 5.74. The first kappa shape index (κ1) is 12.4. The fourth-order valence-electron chi connectivity index (χ4n) is 2.45. The van der Waals surface area contributed by atoms with Crippen LogP contribution in [0.2, 0.25) is 0 Å². The molecule has 1 saturated heterocycles. The Hall–Kier alpha value is -1.68. The number of benzene rings is 1. The topological polar surface area (TPSA) is 47.0 Å². The number of para-hydroxylation sites is 2. The van der Waals surface area contributed by atoms with E-state index < -0.39 is 0 Å². The first-order valence-electron chi connectivity index (χ1n) is 6.90. The SMILES string of the molecule is Cc1nc2ccccc2nc1OCC1CCNCC1. The van der Waals surface area contributed by atoms with E-state index in [9.17, 15) is 0 Å². The summed E-state index contributed by atoms with van der Waals surface area (Å²) in [7, 11) is 0. The molecule has 3 rings (SSSR count). The van der Waals surface area contributed by atoms with Crippen LogP contribution in [-0.4, -0.2) is 29.7 Å². The molecule has 0 atom stereocenters. The molecule has 1 aliphatic heterocycles. The normalized spacial score (nSPS) is 16.7. The average Bonchev–Trinajstić information content (AvgIpc) is 2.46. The van der Waals surface area contributed by atoms with Crippen LogP contribution in [0, 0.1) is 12.8 Å². The van der Waals surface area contributed by atoms with E-state index in [-0.39, 0.29) is 0 Å². The molecular weight excluding hydrogens is 238 g/mol. The van der Waals surface area contributed by atoms with Gasteiger partial charge in [0.15, 0.2) is 0 Å². The molecule has 0 aliphatic carbocycles. The summed E-state index contributed by atoms with van der Waals surface area (Å²) < 4.78 is 5.88. The molecule has 0 bridgehead atoms. The molecule has 0 amide bonds. The Kier molecular flexibility index (Phi) is 3.60. The number of hydrogen-bond donors (Lipinski definition) is 1. The fraction of sp³-hybridized carbons (Fsp3) is 0.467. The van der Waals surface area contributed by atoms with Crippen LogP contribution >= 0.6 is 0 Å². The molecule has 0 spiro atoms. The second-order valence-corrected chi connectivity index (χ2v) is 5.11. The van der Waals surface area contributed by atoms with E-state index in [2.05, 4.69) is 15.3 Å². The van der Waals surface area contributed by atoms with Crippen molar-refractivity contribution in [2.45, 2.75) is 19.8 Å². The average molecular weight is 257 g/mol. The summed E-state index contributed by atoms with van der Waals surface area (Å²) in [5, 5.41) is 3.36. The van der Waals surface area contributed by atoms with Crippen molar-refractivity contribution in [2.75, 3.05) is 19.7 Å². The smallest absolute Gasteiger partial charge is 0.235 e. The van der Waals surface area contributed by atoms with Crippen LogP contribution in [-0.2, 0) is 0 Å². The summed E-state index contributed by atoms with van der Waals surface area (Å²) in [6.45, 7) is 4.89. The predicted octanol–water partition coefficient (Wildman–Crippen LogP) is 2.32. The van der Waals surface area contributed by atoms with Gasteiger partial charge in [0, 0.05) is 0 Å². The van der Waals surface area contributed by atoms with Crippen LogP contribution < -0.4 is 10.1 Å². The molecule has 0 unspecified atom stereocenters. The number of piperidine rings is 1. The second-order valence-electron chi connectivity index (χ2n) is 5.11. The van der Waals surface area contributed by atoms with E-state index in [0.717, 1.165) is 36.4 Å². The van der Waals surface area contributed by atoms with Crippen molar-refractivity contribution < 1.29 is 4.74 Å². The molecule has 1 aromatic carbocycles. The number of aromatic nitrogens is 2. The molecule has 4 heteroatoms. The Bertz CT molecular complexity index is 564. The van der Waals surface area contributed by atoms with Gasteiger partial charge in [0.25, 0.3) is 0 Å². The molecule has 1 N–H and O–H groups in total. The zero-order valence-corrected chi connectivity index (χ0v) is 11.2. The maximum absolute atomic E-state index is 5.88. The molecule has 4 nitrogen and oxygen atoms in total. The number of hydrogen-bond acceptors (Lipinski definition) is 4. The summed E-state index contributed by atoms with van der Waals surface area (Å²) in [5.74, 6) is 1.31. The summed E-state index contributed by atoms with van der Waals surface area (Å²) in [5.41, 5.74) is 2.69. The number of rotatable bonds is 3. The molecule has 1 aliphatic rings. The number of nitrogens with one attached hydrogen (secondary N) is 1. The Balaban J connectivity index is 1.74. The third kappa shape index (κ3) is 2.84. The van der Waals surface area contributed by atoms with Gasteiger partial charge in [0.2, 0.25) is 5.88 Å². The third-order valence-corrected chi connectivity index (χ3v) is 3.62. The quantitative estimate of drug-likeness (QED) is 0.916. The van der Waals surface area contributed by atoms with Crippen molar-refractivity contribution in [3.05, 3.63) is 30.0 Å². The molecule has 1 aromatic heterocycles. The van der Waals surface area contributed by atoms with E-state index >= 15 is 0 Å². The van der Waals surface area contributed by atoms with E-state index in [1.807, 2.05) is 31.2 Å². The van der Waals surface area contributed by atoms with Crippen molar-refractivity contribution in [2.24, 2.45) is 5.92 Å². The van der Waals surface area contributed by atoms with Gasteiger partial charge in [-0.15, -0.1) is 0 Å². The highest BCUT2D eigenvalue weighted by Crippen LogP contribution is 2.20. The minimum absolute atomic E-state index is 0.633. The van der Waals surface area contributed by atoms with Crippen molar-refractivity contribution in [3.63, 3.8) is 0 Å². The van der Waals surface area contributed by atoms with Crippen LogP contribution in [0.4, 0.5) is 0 Å². The first-order valence-corrected chi connectivity index (χ1v) is 6.90. The van der Waals surface area contributed by atoms with Gasteiger partial charge in [-0.1, -0.05) is 12.1 Å². The number of fused-ring (bicyclic) bond motifs is 1. The molecule has 2 aromatic rings. The van der Waals surface area contributed by atoms with Gasteiger partial charge < -0.3 is 10.1 Å². The summed E-state index contributed by atoms with van der Waals surface area (Å²) in [4.78, 5) is 9.10. The van der Waals surface area contributed by atoms with Crippen LogP contribution in [0.15, 0.2) is 24.3 Å². The fourth-order valence-corrected chi connectivity index (χ4v) is 2.45. The maximum atomic E-state index is 5.88. The largest absolute Gasteiger partial charge is 0.476 e. The Morgan fingerprint density at radius 1 is 1.16 bits per heavy atom. The zero-order chi connectivity index (χ0) is 13.1. The summed E-state index contributed by atoms with van der Waals surface area (Å²) in [6, 6.07) is 7.90. The van der Waals surface area contributed by atoms with Gasteiger partial charge in [0.05, 0.1) is 17.6 Å². The van der Waals surface area contributed by atoms with Gasteiger partial charge in [0.1, 0.15) is 5.69 Å². The third-order valence-electron chi connectivity index (χ3n) is 3.62. The van der Waals surface area contributed by atoms with Crippen LogP contribution in [0.3, 0.4) is 0 Å². The van der Waals surface area contributed by atoms with Crippen LogP contribution in [0.1, 0.15) is 18.5 Å². The molecule has 0 radical (unpaired) electrons. The Morgan fingerprint density at radius 2 is 1.84 bits per heavy atom. The lowest BCUT2D eigenvalue weighted by atomic mass is 9.99. The minimum Gasteiger partial charge on any atom is -0.476 e. The molecule has 1 fully saturated rings. The van der Waals surface area contributed by atoms with Gasteiger partial charge in [-0.05, 0) is 50.9 Å².